The summed E-state index contributed by atoms with van der Waals surface area (Å²) in [7, 11) is 0. The standard InChI is InChI=1S/C27H31N5O2/c1-16-17(2)32(15-28-16)24-11-25(30-18(3)29-24)34-23-6-4-22(5-7-23)31-26(33)27-12-19-8-20(13-27)10-21(9-19)14-27/h4-7,11,15,19-21H,8-10,12-14H2,1-3H3,(H,31,33). The van der Waals surface area contributed by atoms with Gasteiger partial charge in [0.25, 0.3) is 0 Å². The minimum absolute atomic E-state index is 0.150. The van der Waals surface area contributed by atoms with Crippen molar-refractivity contribution in [1.82, 2.24) is 19.5 Å². The number of rotatable bonds is 5. The van der Waals surface area contributed by atoms with Crippen LogP contribution >= 0.6 is 0 Å². The van der Waals surface area contributed by atoms with Crippen LogP contribution in [0, 0.1) is 43.9 Å². The molecule has 34 heavy (non-hydrogen) atoms. The molecule has 0 aliphatic heterocycles. The lowest BCUT2D eigenvalue weighted by atomic mass is 9.49. The van der Waals surface area contributed by atoms with Crippen LogP contribution in [0.4, 0.5) is 5.69 Å². The molecular formula is C27H31N5O2. The van der Waals surface area contributed by atoms with Crippen molar-refractivity contribution in [1.29, 1.82) is 0 Å². The summed E-state index contributed by atoms with van der Waals surface area (Å²) in [6, 6.07) is 9.38. The minimum atomic E-state index is -0.150. The molecule has 1 aromatic carbocycles. The molecule has 0 unspecified atom stereocenters. The van der Waals surface area contributed by atoms with Gasteiger partial charge in [0.1, 0.15) is 23.7 Å². The summed E-state index contributed by atoms with van der Waals surface area (Å²) in [6.45, 7) is 5.83. The Morgan fingerprint density at radius 2 is 1.65 bits per heavy atom. The Balaban J connectivity index is 1.16. The molecule has 1 N–H and O–H groups in total. The highest BCUT2D eigenvalue weighted by Gasteiger charge is 2.54. The van der Waals surface area contributed by atoms with Crippen LogP contribution in [-0.4, -0.2) is 25.4 Å². The number of carbonyl (C=O) groups is 1. The number of aryl methyl sites for hydroxylation is 2. The average Bonchev–Trinajstić information content (AvgIpc) is 3.12. The number of nitrogens with zero attached hydrogens (tertiary/aromatic N) is 4. The minimum Gasteiger partial charge on any atom is -0.439 e. The first-order valence-corrected chi connectivity index (χ1v) is 12.3. The monoisotopic (exact) mass is 457 g/mol. The van der Waals surface area contributed by atoms with Gasteiger partial charge in [-0.1, -0.05) is 0 Å². The smallest absolute Gasteiger partial charge is 0.230 e. The van der Waals surface area contributed by atoms with Gasteiger partial charge in [0.2, 0.25) is 11.8 Å². The summed E-state index contributed by atoms with van der Waals surface area (Å²) < 4.78 is 7.96. The SMILES string of the molecule is Cc1nc(Oc2ccc(NC(=O)C34CC5CC(CC(C5)C3)C4)cc2)cc(-n2cnc(C)c2C)n1. The molecule has 0 radical (unpaired) electrons. The molecule has 4 fully saturated rings. The Bertz CT molecular complexity index is 1210. The molecule has 4 bridgehead atoms. The Morgan fingerprint density at radius 1 is 1.00 bits per heavy atom. The number of amides is 1. The van der Waals surface area contributed by atoms with Gasteiger partial charge in [0, 0.05) is 17.4 Å². The molecule has 2 heterocycles. The molecule has 1 amide bonds. The zero-order chi connectivity index (χ0) is 23.4. The van der Waals surface area contributed by atoms with E-state index in [9.17, 15) is 4.79 Å². The Kier molecular flexibility index (Phi) is 4.97. The molecule has 176 valence electrons. The number of hydrogen-bond acceptors (Lipinski definition) is 5. The first-order chi connectivity index (χ1) is 16.4. The molecule has 4 aliphatic carbocycles. The quantitative estimate of drug-likeness (QED) is 0.544. The van der Waals surface area contributed by atoms with Gasteiger partial charge in [0.05, 0.1) is 11.1 Å². The highest BCUT2D eigenvalue weighted by molar-refractivity contribution is 5.95. The molecule has 7 heteroatoms. The van der Waals surface area contributed by atoms with Crippen LogP contribution in [0.5, 0.6) is 11.6 Å². The third-order valence-electron chi connectivity index (χ3n) is 8.15. The van der Waals surface area contributed by atoms with Gasteiger partial charge in [-0.3, -0.25) is 9.36 Å². The van der Waals surface area contributed by atoms with Crippen molar-refractivity contribution in [3.05, 3.63) is 53.9 Å². The summed E-state index contributed by atoms with van der Waals surface area (Å²) in [5.74, 6) is 4.95. The van der Waals surface area contributed by atoms with Gasteiger partial charge in [0.15, 0.2) is 0 Å². The molecule has 3 aromatic rings. The third-order valence-corrected chi connectivity index (χ3v) is 8.15. The van der Waals surface area contributed by atoms with E-state index in [1.165, 1.54) is 19.3 Å². The molecule has 4 saturated carbocycles. The van der Waals surface area contributed by atoms with Gasteiger partial charge in [-0.15, -0.1) is 0 Å². The van der Waals surface area contributed by atoms with E-state index in [1.54, 1.807) is 6.33 Å². The van der Waals surface area contributed by atoms with Gasteiger partial charge in [-0.25, -0.2) is 9.97 Å². The van der Waals surface area contributed by atoms with E-state index in [2.05, 4.69) is 20.3 Å². The number of nitrogens with one attached hydrogen (secondary N) is 1. The second-order valence-electron chi connectivity index (χ2n) is 10.7. The van der Waals surface area contributed by atoms with E-state index in [0.29, 0.717) is 17.5 Å². The van der Waals surface area contributed by atoms with Crippen molar-refractivity contribution in [2.75, 3.05) is 5.32 Å². The lowest BCUT2D eigenvalue weighted by Gasteiger charge is -2.55. The number of ether oxygens (including phenoxy) is 1. The van der Waals surface area contributed by atoms with Crippen LogP contribution in [0.25, 0.3) is 5.82 Å². The third kappa shape index (κ3) is 3.77. The number of aromatic nitrogens is 4. The lowest BCUT2D eigenvalue weighted by molar-refractivity contribution is -0.140. The first kappa shape index (κ1) is 21.3. The second-order valence-corrected chi connectivity index (χ2v) is 10.7. The van der Waals surface area contributed by atoms with Crippen LogP contribution in [0.3, 0.4) is 0 Å². The maximum absolute atomic E-state index is 13.3. The van der Waals surface area contributed by atoms with Crippen molar-refractivity contribution < 1.29 is 9.53 Å². The van der Waals surface area contributed by atoms with Gasteiger partial charge < -0.3 is 10.1 Å². The Labute approximate surface area is 200 Å². The van der Waals surface area contributed by atoms with Crippen molar-refractivity contribution in [3.63, 3.8) is 0 Å². The number of benzene rings is 1. The largest absolute Gasteiger partial charge is 0.439 e. The molecule has 0 atom stereocenters. The van der Waals surface area contributed by atoms with E-state index >= 15 is 0 Å². The number of hydrogen-bond donors (Lipinski definition) is 1. The normalized spacial score (nSPS) is 27.1. The zero-order valence-corrected chi connectivity index (χ0v) is 20.0. The highest BCUT2D eigenvalue weighted by atomic mass is 16.5. The predicted molar refractivity (Wildman–Crippen MR) is 129 cm³/mol. The topological polar surface area (TPSA) is 81.9 Å². The second kappa shape index (κ2) is 7.93. The Morgan fingerprint density at radius 3 is 2.24 bits per heavy atom. The van der Waals surface area contributed by atoms with E-state index in [4.69, 9.17) is 4.74 Å². The lowest BCUT2D eigenvalue weighted by Crippen LogP contribution is -2.51. The van der Waals surface area contributed by atoms with Crippen molar-refractivity contribution >= 4 is 11.6 Å². The highest BCUT2D eigenvalue weighted by Crippen LogP contribution is 2.60. The fraction of sp³-hybridized carbons (Fsp3) is 0.481. The molecule has 2 aromatic heterocycles. The average molecular weight is 458 g/mol. The fourth-order valence-electron chi connectivity index (χ4n) is 6.81. The molecule has 7 nitrogen and oxygen atoms in total. The van der Waals surface area contributed by atoms with Gasteiger partial charge in [-0.2, -0.15) is 4.98 Å². The van der Waals surface area contributed by atoms with Crippen molar-refractivity contribution in [2.24, 2.45) is 23.2 Å². The van der Waals surface area contributed by atoms with Crippen LogP contribution in [0.2, 0.25) is 0 Å². The van der Waals surface area contributed by atoms with E-state index < -0.39 is 0 Å². The van der Waals surface area contributed by atoms with Gasteiger partial charge in [-0.05, 0) is 101 Å². The summed E-state index contributed by atoms with van der Waals surface area (Å²) >= 11 is 0. The number of imidazole rings is 1. The molecule has 4 aliphatic rings. The van der Waals surface area contributed by atoms with Crippen LogP contribution in [0.15, 0.2) is 36.7 Å². The summed E-state index contributed by atoms with van der Waals surface area (Å²) in [5.41, 5.74) is 2.66. The molecule has 0 spiro atoms. The maximum Gasteiger partial charge on any atom is 0.230 e. The maximum atomic E-state index is 13.3. The molecule has 7 rings (SSSR count). The van der Waals surface area contributed by atoms with E-state index in [0.717, 1.165) is 59.9 Å². The molecule has 0 saturated heterocycles. The summed E-state index contributed by atoms with van der Waals surface area (Å²) in [6.07, 6.45) is 8.97. The van der Waals surface area contributed by atoms with Crippen molar-refractivity contribution in [2.45, 2.75) is 59.3 Å². The van der Waals surface area contributed by atoms with Crippen LogP contribution < -0.4 is 10.1 Å². The Hall–Kier alpha value is -3.22. The zero-order valence-electron chi connectivity index (χ0n) is 20.0. The van der Waals surface area contributed by atoms with Crippen LogP contribution in [-0.2, 0) is 4.79 Å². The van der Waals surface area contributed by atoms with E-state index in [1.807, 2.05) is 55.7 Å². The number of anilines is 1. The summed E-state index contributed by atoms with van der Waals surface area (Å²) in [5, 5.41) is 3.21. The summed E-state index contributed by atoms with van der Waals surface area (Å²) in [4.78, 5) is 26.6. The van der Waals surface area contributed by atoms with Crippen molar-refractivity contribution in [3.8, 4) is 17.4 Å². The van der Waals surface area contributed by atoms with Crippen LogP contribution in [0.1, 0.15) is 55.7 Å². The number of carbonyl (C=O) groups excluding carboxylic acids is 1. The predicted octanol–water partition coefficient (Wildman–Crippen LogP) is 5.53. The van der Waals surface area contributed by atoms with Gasteiger partial charge >= 0.3 is 0 Å². The van der Waals surface area contributed by atoms with E-state index in [-0.39, 0.29) is 11.3 Å². The molecular weight excluding hydrogens is 426 g/mol. The fourth-order valence-corrected chi connectivity index (χ4v) is 6.81. The first-order valence-electron chi connectivity index (χ1n) is 12.3.